The topological polar surface area (TPSA) is 99.8 Å². The summed E-state index contributed by atoms with van der Waals surface area (Å²) in [6.45, 7) is 5.48. The molecule has 0 spiro atoms. The maximum absolute atomic E-state index is 13.1. The normalized spacial score (nSPS) is 17.5. The summed E-state index contributed by atoms with van der Waals surface area (Å²) in [5.41, 5.74) is 4.43. The highest BCUT2D eigenvalue weighted by Gasteiger charge is 2.32. The number of aromatic nitrogens is 5. The number of carbonyl (C=O) groups excluding carboxylic acids is 1. The van der Waals surface area contributed by atoms with Crippen LogP contribution in [0, 0.1) is 13.8 Å². The van der Waals surface area contributed by atoms with Crippen LogP contribution in [0.4, 0.5) is 0 Å². The number of nitrogens with one attached hydrogen (secondary N) is 2. The molecule has 4 rings (SSSR count). The fourth-order valence-corrected chi connectivity index (χ4v) is 3.42. The van der Waals surface area contributed by atoms with Crippen molar-refractivity contribution in [1.29, 1.82) is 0 Å². The van der Waals surface area contributed by atoms with Crippen molar-refractivity contribution in [3.8, 4) is 11.4 Å². The van der Waals surface area contributed by atoms with E-state index in [1.165, 1.54) is 6.33 Å². The third kappa shape index (κ3) is 2.88. The number of hydrogen-bond donors (Lipinski definition) is 2. The van der Waals surface area contributed by atoms with Gasteiger partial charge >= 0.3 is 0 Å². The minimum absolute atomic E-state index is 0.0116. The van der Waals surface area contributed by atoms with Gasteiger partial charge in [0.15, 0.2) is 5.82 Å². The van der Waals surface area contributed by atoms with Gasteiger partial charge < -0.3 is 9.64 Å². The monoisotopic (exact) mass is 352 g/mol. The Hall–Kier alpha value is -3.00. The van der Waals surface area contributed by atoms with E-state index in [1.807, 2.05) is 43.0 Å². The quantitative estimate of drug-likeness (QED) is 0.751. The predicted molar refractivity (Wildman–Crippen MR) is 94.5 cm³/mol. The molecule has 1 saturated heterocycles. The lowest BCUT2D eigenvalue weighted by atomic mass is 10.0. The molecule has 1 fully saturated rings. The number of H-pyrrole nitrogens is 2. The first kappa shape index (κ1) is 16.5. The molecule has 3 heterocycles. The van der Waals surface area contributed by atoms with Gasteiger partial charge in [-0.25, -0.2) is 4.98 Å². The lowest BCUT2D eigenvalue weighted by Gasteiger charge is -2.36. The molecular formula is C18H20N6O2. The first-order valence-electron chi connectivity index (χ1n) is 8.51. The molecule has 8 heteroatoms. The summed E-state index contributed by atoms with van der Waals surface area (Å²) in [7, 11) is 0. The Balaban J connectivity index is 1.61. The van der Waals surface area contributed by atoms with E-state index in [0.29, 0.717) is 31.1 Å². The van der Waals surface area contributed by atoms with Crippen molar-refractivity contribution in [2.45, 2.75) is 19.9 Å². The summed E-state index contributed by atoms with van der Waals surface area (Å²) in [5, 5.41) is 13.9. The number of carbonyl (C=O) groups is 1. The van der Waals surface area contributed by atoms with Gasteiger partial charge in [-0.1, -0.05) is 12.1 Å². The third-order valence-corrected chi connectivity index (χ3v) is 4.73. The Morgan fingerprint density at radius 2 is 2.04 bits per heavy atom. The molecule has 0 radical (unpaired) electrons. The van der Waals surface area contributed by atoms with E-state index in [9.17, 15) is 4.79 Å². The van der Waals surface area contributed by atoms with Crippen molar-refractivity contribution in [1.82, 2.24) is 30.3 Å². The van der Waals surface area contributed by atoms with Crippen molar-refractivity contribution in [2.24, 2.45) is 0 Å². The van der Waals surface area contributed by atoms with E-state index in [4.69, 9.17) is 4.74 Å². The Kier molecular flexibility index (Phi) is 4.26. The van der Waals surface area contributed by atoms with Crippen molar-refractivity contribution in [2.75, 3.05) is 19.8 Å². The van der Waals surface area contributed by atoms with Gasteiger partial charge in [-0.15, -0.1) is 0 Å². The molecule has 8 nitrogen and oxygen atoms in total. The van der Waals surface area contributed by atoms with Crippen LogP contribution in [-0.2, 0) is 4.74 Å². The zero-order valence-electron chi connectivity index (χ0n) is 14.7. The number of aryl methyl sites for hydroxylation is 2. The van der Waals surface area contributed by atoms with Gasteiger partial charge in [0.25, 0.3) is 5.91 Å². The van der Waals surface area contributed by atoms with E-state index < -0.39 is 0 Å². The molecule has 2 N–H and O–H groups in total. The Morgan fingerprint density at radius 1 is 1.23 bits per heavy atom. The zero-order valence-corrected chi connectivity index (χ0v) is 14.7. The van der Waals surface area contributed by atoms with Crippen molar-refractivity contribution in [3.05, 3.63) is 53.1 Å². The van der Waals surface area contributed by atoms with E-state index in [0.717, 1.165) is 22.5 Å². The van der Waals surface area contributed by atoms with Gasteiger partial charge in [-0.05, 0) is 26.0 Å². The molecule has 0 bridgehead atoms. The standard InChI is InChI=1S/C18H20N6O2/c1-11-16(12(2)22-21-11)15-9-26-8-7-24(15)18(25)14-5-3-13(4-6-14)17-19-10-20-23-17/h3-6,10,15H,7-9H2,1-2H3,(H,21,22)(H,19,20,23). The van der Waals surface area contributed by atoms with E-state index in [-0.39, 0.29) is 11.9 Å². The first-order valence-corrected chi connectivity index (χ1v) is 8.51. The number of amides is 1. The highest BCUT2D eigenvalue weighted by atomic mass is 16.5. The van der Waals surface area contributed by atoms with Crippen molar-refractivity contribution >= 4 is 5.91 Å². The minimum atomic E-state index is -0.135. The summed E-state index contributed by atoms with van der Waals surface area (Å²) in [5.74, 6) is 0.667. The first-order chi connectivity index (χ1) is 12.6. The average Bonchev–Trinajstić information content (AvgIpc) is 3.32. The fraction of sp³-hybridized carbons (Fsp3) is 0.333. The number of hydrogen-bond acceptors (Lipinski definition) is 5. The number of nitrogens with zero attached hydrogens (tertiary/aromatic N) is 4. The molecule has 26 heavy (non-hydrogen) atoms. The molecule has 1 amide bonds. The summed E-state index contributed by atoms with van der Waals surface area (Å²) < 4.78 is 5.65. The molecule has 134 valence electrons. The fourth-order valence-electron chi connectivity index (χ4n) is 3.42. The highest BCUT2D eigenvalue weighted by molar-refractivity contribution is 5.95. The largest absolute Gasteiger partial charge is 0.377 e. The van der Waals surface area contributed by atoms with Crippen molar-refractivity contribution in [3.63, 3.8) is 0 Å². The van der Waals surface area contributed by atoms with Crippen LogP contribution in [0.15, 0.2) is 30.6 Å². The maximum atomic E-state index is 13.1. The Morgan fingerprint density at radius 3 is 2.69 bits per heavy atom. The summed E-state index contributed by atoms with van der Waals surface area (Å²) in [4.78, 5) is 19.1. The van der Waals surface area contributed by atoms with Gasteiger partial charge in [0.1, 0.15) is 6.33 Å². The molecule has 1 unspecified atom stereocenters. The molecule has 3 aromatic rings. The second-order valence-corrected chi connectivity index (χ2v) is 6.35. The van der Waals surface area contributed by atoms with Gasteiger partial charge in [0.2, 0.25) is 0 Å². The number of ether oxygens (including phenoxy) is 1. The van der Waals surface area contributed by atoms with Crippen LogP contribution in [0.25, 0.3) is 11.4 Å². The van der Waals surface area contributed by atoms with Crippen LogP contribution < -0.4 is 0 Å². The lowest BCUT2D eigenvalue weighted by molar-refractivity contribution is -0.00301. The number of rotatable bonds is 3. The third-order valence-electron chi connectivity index (χ3n) is 4.73. The summed E-state index contributed by atoms with van der Waals surface area (Å²) in [6, 6.07) is 7.25. The average molecular weight is 352 g/mol. The molecule has 2 aromatic heterocycles. The Bertz CT molecular complexity index is 881. The predicted octanol–water partition coefficient (Wildman–Crippen LogP) is 2.03. The Labute approximate surface area is 150 Å². The summed E-state index contributed by atoms with van der Waals surface area (Å²) >= 11 is 0. The van der Waals surface area contributed by atoms with Crippen LogP contribution in [0.1, 0.15) is 33.4 Å². The van der Waals surface area contributed by atoms with Gasteiger partial charge in [0, 0.05) is 28.9 Å². The maximum Gasteiger partial charge on any atom is 0.254 e. The number of benzene rings is 1. The summed E-state index contributed by atoms with van der Waals surface area (Å²) in [6.07, 6.45) is 1.46. The zero-order chi connectivity index (χ0) is 18.1. The van der Waals surface area contributed by atoms with Crippen LogP contribution in [0.3, 0.4) is 0 Å². The SMILES string of the molecule is Cc1n[nH]c(C)c1C1COCCN1C(=O)c1ccc(-c2ncn[nH]2)cc1. The van der Waals surface area contributed by atoms with E-state index in [2.05, 4.69) is 25.4 Å². The van der Waals surface area contributed by atoms with E-state index in [1.54, 1.807) is 0 Å². The molecule has 0 saturated carbocycles. The van der Waals surface area contributed by atoms with Crippen molar-refractivity contribution < 1.29 is 9.53 Å². The molecule has 1 atom stereocenters. The molecular weight excluding hydrogens is 332 g/mol. The smallest absolute Gasteiger partial charge is 0.254 e. The number of aromatic amines is 2. The second kappa shape index (κ2) is 6.72. The molecule has 1 aliphatic heterocycles. The number of morpholine rings is 1. The lowest BCUT2D eigenvalue weighted by Crippen LogP contribution is -2.43. The van der Waals surface area contributed by atoms with Crippen LogP contribution in [0.5, 0.6) is 0 Å². The van der Waals surface area contributed by atoms with Crippen LogP contribution in [0.2, 0.25) is 0 Å². The van der Waals surface area contributed by atoms with Gasteiger partial charge in [-0.2, -0.15) is 10.2 Å². The van der Waals surface area contributed by atoms with Gasteiger partial charge in [-0.3, -0.25) is 15.0 Å². The van der Waals surface area contributed by atoms with E-state index >= 15 is 0 Å². The van der Waals surface area contributed by atoms with Crippen LogP contribution in [-0.4, -0.2) is 55.9 Å². The molecule has 1 aromatic carbocycles. The highest BCUT2D eigenvalue weighted by Crippen LogP contribution is 2.30. The molecule has 0 aliphatic carbocycles. The minimum Gasteiger partial charge on any atom is -0.377 e. The van der Waals surface area contributed by atoms with Gasteiger partial charge in [0.05, 0.1) is 24.9 Å². The molecule has 1 aliphatic rings. The van der Waals surface area contributed by atoms with Crippen LogP contribution >= 0.6 is 0 Å². The second-order valence-electron chi connectivity index (χ2n) is 6.35.